The van der Waals surface area contributed by atoms with Crippen molar-refractivity contribution in [3.8, 4) is 0 Å². The molecule has 0 aliphatic rings. The third-order valence-electron chi connectivity index (χ3n) is 2.90. The maximum absolute atomic E-state index is 6.18. The summed E-state index contributed by atoms with van der Waals surface area (Å²) in [6.45, 7) is 4.83. The van der Waals surface area contributed by atoms with Crippen molar-refractivity contribution in [2.75, 3.05) is 0 Å². The van der Waals surface area contributed by atoms with Crippen molar-refractivity contribution < 1.29 is 0 Å². The molecular weight excluding hydrogens is 283 g/mol. The van der Waals surface area contributed by atoms with E-state index in [-0.39, 0.29) is 6.04 Å². The Balaban J connectivity index is 2.22. The molecule has 0 saturated carbocycles. The molecule has 0 saturated heterocycles. The molecule has 0 bridgehead atoms. The van der Waals surface area contributed by atoms with E-state index in [1.165, 1.54) is 0 Å². The Bertz CT molecular complexity index is 580. The van der Waals surface area contributed by atoms with Crippen molar-refractivity contribution in [3.05, 3.63) is 45.5 Å². The first kappa shape index (κ1) is 14.3. The summed E-state index contributed by atoms with van der Waals surface area (Å²) in [6, 6.07) is 3.42. The number of aryl methyl sites for hydroxylation is 2. The molecule has 2 aromatic heterocycles. The smallest absolute Gasteiger partial charge is 0.0761 e. The normalized spacial score (nSPS) is 12.7. The average Bonchev–Trinajstić information content (AvgIpc) is 2.69. The first-order valence-corrected chi connectivity index (χ1v) is 6.86. The van der Waals surface area contributed by atoms with Crippen LogP contribution < -0.4 is 5.73 Å². The van der Waals surface area contributed by atoms with E-state index < -0.39 is 0 Å². The second-order valence-electron chi connectivity index (χ2n) is 4.42. The number of aromatic nitrogens is 3. The Kier molecular flexibility index (Phi) is 4.45. The molecule has 0 amide bonds. The summed E-state index contributed by atoms with van der Waals surface area (Å²) in [5, 5.41) is 5.41. The van der Waals surface area contributed by atoms with Crippen LogP contribution in [-0.4, -0.2) is 14.8 Å². The van der Waals surface area contributed by atoms with Gasteiger partial charge in [0.05, 0.1) is 27.5 Å². The lowest BCUT2D eigenvalue weighted by atomic mass is 10.1. The lowest BCUT2D eigenvalue weighted by molar-refractivity contribution is 0.582. The Labute approximate surface area is 122 Å². The van der Waals surface area contributed by atoms with Gasteiger partial charge in [0, 0.05) is 24.9 Å². The van der Waals surface area contributed by atoms with Crippen molar-refractivity contribution in [1.82, 2.24) is 14.8 Å². The second-order valence-corrected chi connectivity index (χ2v) is 5.27. The molecule has 0 aliphatic heterocycles. The highest BCUT2D eigenvalue weighted by Crippen LogP contribution is 2.24. The van der Waals surface area contributed by atoms with Crippen molar-refractivity contribution in [1.29, 1.82) is 0 Å². The van der Waals surface area contributed by atoms with E-state index in [0.717, 1.165) is 17.9 Å². The van der Waals surface area contributed by atoms with E-state index in [1.54, 1.807) is 12.3 Å². The highest BCUT2D eigenvalue weighted by atomic mass is 35.5. The van der Waals surface area contributed by atoms with E-state index >= 15 is 0 Å². The van der Waals surface area contributed by atoms with Gasteiger partial charge in [-0.1, -0.05) is 23.2 Å². The van der Waals surface area contributed by atoms with Gasteiger partial charge in [-0.3, -0.25) is 9.67 Å². The molecule has 2 N–H and O–H groups in total. The molecule has 2 aromatic rings. The Morgan fingerprint density at radius 3 is 2.74 bits per heavy atom. The number of halogens is 2. The molecule has 0 fully saturated rings. The molecule has 2 heterocycles. The molecule has 0 radical (unpaired) electrons. The number of nitrogens with zero attached hydrogens (tertiary/aromatic N) is 3. The van der Waals surface area contributed by atoms with Crippen LogP contribution in [0.3, 0.4) is 0 Å². The first-order valence-electron chi connectivity index (χ1n) is 6.11. The highest BCUT2D eigenvalue weighted by Gasteiger charge is 2.15. The minimum atomic E-state index is -0.272. The molecule has 2 rings (SSSR count). The maximum Gasteiger partial charge on any atom is 0.0761 e. The molecule has 4 nitrogen and oxygen atoms in total. The zero-order valence-electron chi connectivity index (χ0n) is 10.9. The zero-order valence-corrected chi connectivity index (χ0v) is 12.4. The predicted octanol–water partition coefficient (Wildman–Crippen LogP) is 3.16. The van der Waals surface area contributed by atoms with Gasteiger partial charge >= 0.3 is 0 Å². The van der Waals surface area contributed by atoms with Crippen LogP contribution in [0.4, 0.5) is 0 Å². The Morgan fingerprint density at radius 2 is 2.11 bits per heavy atom. The number of hydrogen-bond donors (Lipinski definition) is 1. The third kappa shape index (κ3) is 3.26. The van der Waals surface area contributed by atoms with Gasteiger partial charge < -0.3 is 5.73 Å². The fourth-order valence-corrected chi connectivity index (χ4v) is 2.58. The van der Waals surface area contributed by atoms with Crippen molar-refractivity contribution >= 4 is 23.2 Å². The number of pyridine rings is 1. The standard InChI is InChI=1S/C13H16Cl2N4/c1-3-19-10(4-8(2)18-19)6-12(16)13-11(15)5-9(14)7-17-13/h4-5,7,12H,3,6,16H2,1-2H3. The monoisotopic (exact) mass is 298 g/mol. The SMILES string of the molecule is CCn1nc(C)cc1CC(N)c1ncc(Cl)cc1Cl. The molecule has 1 atom stereocenters. The first-order chi connectivity index (χ1) is 9.01. The van der Waals surface area contributed by atoms with Crippen LogP contribution in [0.25, 0.3) is 0 Å². The fourth-order valence-electron chi connectivity index (χ4n) is 2.06. The molecule has 102 valence electrons. The van der Waals surface area contributed by atoms with Crippen LogP contribution in [-0.2, 0) is 13.0 Å². The maximum atomic E-state index is 6.18. The summed E-state index contributed by atoms with van der Waals surface area (Å²) < 4.78 is 1.94. The summed E-state index contributed by atoms with van der Waals surface area (Å²) in [7, 11) is 0. The quantitative estimate of drug-likeness (QED) is 0.943. The van der Waals surface area contributed by atoms with E-state index in [2.05, 4.69) is 17.0 Å². The summed E-state index contributed by atoms with van der Waals surface area (Å²) in [5.41, 5.74) is 8.91. The highest BCUT2D eigenvalue weighted by molar-refractivity contribution is 6.34. The topological polar surface area (TPSA) is 56.7 Å². The van der Waals surface area contributed by atoms with Gasteiger partial charge in [-0.15, -0.1) is 0 Å². The van der Waals surface area contributed by atoms with Crippen LogP contribution in [0.1, 0.15) is 30.0 Å². The predicted molar refractivity (Wildman–Crippen MR) is 77.5 cm³/mol. The van der Waals surface area contributed by atoms with Gasteiger partial charge in [0.2, 0.25) is 0 Å². The molecule has 0 aromatic carbocycles. The van der Waals surface area contributed by atoms with Gasteiger partial charge in [0.15, 0.2) is 0 Å². The van der Waals surface area contributed by atoms with Crippen LogP contribution in [0.5, 0.6) is 0 Å². The lowest BCUT2D eigenvalue weighted by Gasteiger charge is -2.13. The molecule has 0 spiro atoms. The third-order valence-corrected chi connectivity index (χ3v) is 3.41. The molecule has 19 heavy (non-hydrogen) atoms. The van der Waals surface area contributed by atoms with E-state index in [9.17, 15) is 0 Å². The Hall–Kier alpha value is -1.10. The molecule has 1 unspecified atom stereocenters. The largest absolute Gasteiger partial charge is 0.322 e. The summed E-state index contributed by atoms with van der Waals surface area (Å²) in [4.78, 5) is 4.22. The summed E-state index contributed by atoms with van der Waals surface area (Å²) in [5.74, 6) is 0. The van der Waals surface area contributed by atoms with Gasteiger partial charge in [0.1, 0.15) is 0 Å². The number of rotatable bonds is 4. The van der Waals surface area contributed by atoms with Gasteiger partial charge in [-0.25, -0.2) is 0 Å². The van der Waals surface area contributed by atoms with Crippen molar-refractivity contribution in [2.45, 2.75) is 32.9 Å². The average molecular weight is 299 g/mol. The van der Waals surface area contributed by atoms with Gasteiger partial charge in [-0.2, -0.15) is 5.10 Å². The number of hydrogen-bond acceptors (Lipinski definition) is 3. The van der Waals surface area contributed by atoms with Crippen LogP contribution in [0.15, 0.2) is 18.3 Å². The van der Waals surface area contributed by atoms with Gasteiger partial charge in [-0.05, 0) is 26.0 Å². The molecular formula is C13H16Cl2N4. The minimum Gasteiger partial charge on any atom is -0.322 e. The van der Waals surface area contributed by atoms with E-state index in [4.69, 9.17) is 28.9 Å². The van der Waals surface area contributed by atoms with Crippen LogP contribution in [0, 0.1) is 6.92 Å². The fraction of sp³-hybridized carbons (Fsp3) is 0.385. The summed E-state index contributed by atoms with van der Waals surface area (Å²) in [6.07, 6.45) is 2.20. The molecule has 6 heteroatoms. The van der Waals surface area contributed by atoms with Crippen LogP contribution in [0.2, 0.25) is 10.0 Å². The zero-order chi connectivity index (χ0) is 14.0. The lowest BCUT2D eigenvalue weighted by Crippen LogP contribution is -2.17. The van der Waals surface area contributed by atoms with Crippen molar-refractivity contribution in [2.24, 2.45) is 5.73 Å². The van der Waals surface area contributed by atoms with Crippen molar-refractivity contribution in [3.63, 3.8) is 0 Å². The second kappa shape index (κ2) is 5.90. The number of nitrogens with two attached hydrogens (primary N) is 1. The minimum absolute atomic E-state index is 0.272. The van der Waals surface area contributed by atoms with E-state index in [0.29, 0.717) is 22.2 Å². The summed E-state index contributed by atoms with van der Waals surface area (Å²) >= 11 is 12.0. The van der Waals surface area contributed by atoms with Gasteiger partial charge in [0.25, 0.3) is 0 Å². The van der Waals surface area contributed by atoms with E-state index in [1.807, 2.05) is 17.7 Å². The Morgan fingerprint density at radius 1 is 1.37 bits per heavy atom. The van der Waals surface area contributed by atoms with Crippen LogP contribution >= 0.6 is 23.2 Å². The molecule has 0 aliphatic carbocycles.